The number of thioether (sulfide) groups is 1. The molecule has 1 saturated heterocycles. The Bertz CT molecular complexity index is 1790. The minimum Gasteiger partial charge on any atom is -0.479 e. The lowest BCUT2D eigenvalue weighted by Crippen LogP contribution is -2.31. The SMILES string of the molecule is Cc1ccc(C(C)C)c(N2C(=O)CS/C2=N\C(=O)Nc2cc(F)c(OCc3ncn(-c4ccc(OC(F)(F)F)cc4)n3)c(F)c2)c1. The monoisotopic (exact) mass is 660 g/mol. The topological polar surface area (TPSA) is 111 Å². The first kappa shape index (κ1) is 32.4. The van der Waals surface area contributed by atoms with E-state index in [1.54, 1.807) is 0 Å². The zero-order valence-electron chi connectivity index (χ0n) is 24.4. The van der Waals surface area contributed by atoms with E-state index in [0.29, 0.717) is 11.4 Å². The molecule has 0 radical (unpaired) electrons. The average molecular weight is 661 g/mol. The molecule has 16 heteroatoms. The highest BCUT2D eigenvalue weighted by Gasteiger charge is 2.33. The van der Waals surface area contributed by atoms with Crippen molar-refractivity contribution in [1.82, 2.24) is 14.8 Å². The molecule has 3 amide bonds. The smallest absolute Gasteiger partial charge is 0.479 e. The Morgan fingerprint density at radius 2 is 1.78 bits per heavy atom. The minimum atomic E-state index is -4.83. The number of aromatic nitrogens is 3. The molecule has 0 aliphatic carbocycles. The summed E-state index contributed by atoms with van der Waals surface area (Å²) in [6.45, 7) is 5.39. The van der Waals surface area contributed by atoms with Gasteiger partial charge >= 0.3 is 12.4 Å². The summed E-state index contributed by atoms with van der Waals surface area (Å²) in [6, 6.07) is 11.2. The summed E-state index contributed by atoms with van der Waals surface area (Å²) in [5.41, 5.74) is 2.53. The Morgan fingerprint density at radius 1 is 1.09 bits per heavy atom. The lowest BCUT2D eigenvalue weighted by molar-refractivity contribution is -0.274. The third-order valence-corrected chi connectivity index (χ3v) is 7.40. The standard InChI is InChI=1S/C30H25F5N6O4S/c1-16(2)21-9-4-17(3)10-24(21)41-26(42)14-46-29(41)38-28(43)37-18-11-22(31)27(23(32)12-18)44-13-25-36-15-40(39-25)19-5-7-20(8-6-19)45-30(33,34)35/h4-12,15-16H,13-14H2,1-3H3,(H,37,43)/b38-29-. The number of urea groups is 1. The van der Waals surface area contributed by atoms with E-state index in [9.17, 15) is 31.5 Å². The van der Waals surface area contributed by atoms with Crippen LogP contribution >= 0.6 is 11.8 Å². The molecule has 2 heterocycles. The van der Waals surface area contributed by atoms with E-state index >= 15 is 0 Å². The number of rotatable bonds is 8. The number of nitrogens with zero attached hydrogens (tertiary/aromatic N) is 5. The second-order valence-electron chi connectivity index (χ2n) is 10.3. The molecule has 10 nitrogen and oxygen atoms in total. The van der Waals surface area contributed by atoms with Gasteiger partial charge in [-0.05, 0) is 54.3 Å². The number of nitrogens with one attached hydrogen (secondary N) is 1. The Morgan fingerprint density at radius 3 is 2.43 bits per heavy atom. The van der Waals surface area contributed by atoms with Gasteiger partial charge in [0.05, 0.1) is 17.1 Å². The summed E-state index contributed by atoms with van der Waals surface area (Å²) < 4.78 is 77.1. The molecule has 1 aliphatic heterocycles. The van der Waals surface area contributed by atoms with Gasteiger partial charge < -0.3 is 14.8 Å². The van der Waals surface area contributed by atoms with Crippen LogP contribution in [0.4, 0.5) is 38.1 Å². The number of carbonyl (C=O) groups excluding carboxylic acids is 2. The molecule has 1 fully saturated rings. The summed E-state index contributed by atoms with van der Waals surface area (Å²) >= 11 is 1.07. The van der Waals surface area contributed by atoms with E-state index in [1.807, 2.05) is 39.0 Å². The Hall–Kier alpha value is -4.99. The minimum absolute atomic E-state index is 0.0185. The second kappa shape index (κ2) is 13.2. The van der Waals surface area contributed by atoms with Gasteiger partial charge in [-0.2, -0.15) is 4.99 Å². The van der Waals surface area contributed by atoms with Crippen molar-refractivity contribution in [3.63, 3.8) is 0 Å². The summed E-state index contributed by atoms with van der Waals surface area (Å²) in [6.07, 6.45) is -3.59. The summed E-state index contributed by atoms with van der Waals surface area (Å²) in [5, 5.41) is 6.53. The fourth-order valence-electron chi connectivity index (χ4n) is 4.45. The number of aliphatic imine (C=N–C) groups is 1. The van der Waals surface area contributed by atoms with E-state index in [0.717, 1.165) is 47.2 Å². The predicted molar refractivity (Wildman–Crippen MR) is 160 cm³/mol. The molecule has 0 unspecified atom stereocenters. The maximum Gasteiger partial charge on any atom is 0.573 e. The number of carbonyl (C=O) groups is 2. The molecular weight excluding hydrogens is 635 g/mol. The molecule has 5 rings (SSSR count). The molecule has 4 aromatic rings. The highest BCUT2D eigenvalue weighted by molar-refractivity contribution is 8.15. The maximum atomic E-state index is 14.8. The predicted octanol–water partition coefficient (Wildman–Crippen LogP) is 7.12. The number of aryl methyl sites for hydroxylation is 1. The molecular formula is C30H25F5N6O4S. The number of halogens is 5. The quantitative estimate of drug-likeness (QED) is 0.200. The molecule has 3 aromatic carbocycles. The van der Waals surface area contributed by atoms with E-state index in [4.69, 9.17) is 4.74 Å². The van der Waals surface area contributed by atoms with Crippen molar-refractivity contribution in [3.05, 3.63) is 89.5 Å². The molecule has 0 atom stereocenters. The molecule has 0 bridgehead atoms. The van der Waals surface area contributed by atoms with Gasteiger partial charge in [-0.3, -0.25) is 9.69 Å². The second-order valence-corrected chi connectivity index (χ2v) is 11.2. The first-order valence-corrected chi connectivity index (χ1v) is 14.6. The van der Waals surface area contributed by atoms with Gasteiger partial charge in [0.2, 0.25) is 5.91 Å². The zero-order valence-corrected chi connectivity index (χ0v) is 25.2. The Kier molecular flexibility index (Phi) is 9.27. The maximum absolute atomic E-state index is 14.8. The van der Waals surface area contributed by atoms with Gasteiger partial charge in [0, 0.05) is 17.8 Å². The molecule has 46 heavy (non-hydrogen) atoms. The zero-order chi connectivity index (χ0) is 33.2. The molecule has 1 N–H and O–H groups in total. The number of hydrogen-bond acceptors (Lipinski definition) is 7. The Balaban J connectivity index is 1.24. The normalized spacial score (nSPS) is 14.3. The lowest BCUT2D eigenvalue weighted by Gasteiger charge is -2.22. The van der Waals surface area contributed by atoms with Crippen molar-refractivity contribution in [1.29, 1.82) is 0 Å². The fraction of sp³-hybridized carbons (Fsp3) is 0.233. The first-order chi connectivity index (χ1) is 21.8. The summed E-state index contributed by atoms with van der Waals surface area (Å²) in [4.78, 5) is 34.9. The van der Waals surface area contributed by atoms with Gasteiger partial charge in [-0.25, -0.2) is 23.2 Å². The third-order valence-electron chi connectivity index (χ3n) is 6.48. The van der Waals surface area contributed by atoms with Gasteiger partial charge in [0.1, 0.15) is 18.7 Å². The number of alkyl halides is 3. The van der Waals surface area contributed by atoms with Gasteiger partial charge in [0.15, 0.2) is 28.4 Å². The number of benzene rings is 3. The van der Waals surface area contributed by atoms with Gasteiger partial charge in [-0.15, -0.1) is 18.3 Å². The van der Waals surface area contributed by atoms with Crippen molar-refractivity contribution in [2.45, 2.75) is 39.7 Å². The van der Waals surface area contributed by atoms with Crippen LogP contribution in [0.15, 0.2) is 65.9 Å². The van der Waals surface area contributed by atoms with Crippen LogP contribution in [-0.4, -0.2) is 44.0 Å². The molecule has 1 aliphatic rings. The van der Waals surface area contributed by atoms with Crippen LogP contribution in [0, 0.1) is 18.6 Å². The van der Waals surface area contributed by atoms with Crippen LogP contribution in [0.1, 0.15) is 36.7 Å². The van der Waals surface area contributed by atoms with Crippen molar-refractivity contribution in [3.8, 4) is 17.2 Å². The number of anilines is 2. The number of ether oxygens (including phenoxy) is 2. The van der Waals surface area contributed by atoms with E-state index < -0.39 is 42.1 Å². The van der Waals surface area contributed by atoms with Crippen LogP contribution in [-0.2, 0) is 11.4 Å². The number of amidine groups is 1. The fourth-order valence-corrected chi connectivity index (χ4v) is 5.31. The first-order valence-electron chi connectivity index (χ1n) is 13.6. The number of amides is 3. The summed E-state index contributed by atoms with van der Waals surface area (Å²) in [7, 11) is 0. The van der Waals surface area contributed by atoms with Gasteiger partial charge in [-0.1, -0.05) is 37.7 Å². The molecule has 0 saturated carbocycles. The summed E-state index contributed by atoms with van der Waals surface area (Å²) in [5.74, 6) is -3.51. The van der Waals surface area contributed by atoms with Crippen LogP contribution in [0.2, 0.25) is 0 Å². The van der Waals surface area contributed by atoms with Crippen molar-refractivity contribution >= 4 is 40.2 Å². The Labute approximate surface area is 263 Å². The lowest BCUT2D eigenvalue weighted by atomic mass is 9.99. The van der Waals surface area contributed by atoms with Crippen molar-refractivity contribution in [2.75, 3.05) is 16.0 Å². The van der Waals surface area contributed by atoms with Crippen LogP contribution in [0.25, 0.3) is 5.69 Å². The van der Waals surface area contributed by atoms with E-state index in [-0.39, 0.29) is 34.3 Å². The van der Waals surface area contributed by atoms with E-state index in [1.165, 1.54) is 28.0 Å². The van der Waals surface area contributed by atoms with E-state index in [2.05, 4.69) is 25.1 Å². The van der Waals surface area contributed by atoms with Crippen LogP contribution < -0.4 is 19.7 Å². The van der Waals surface area contributed by atoms with Gasteiger partial charge in [0.25, 0.3) is 0 Å². The molecule has 240 valence electrons. The number of hydrogen-bond donors (Lipinski definition) is 1. The largest absolute Gasteiger partial charge is 0.573 e. The van der Waals surface area contributed by atoms with Crippen LogP contribution in [0.3, 0.4) is 0 Å². The highest BCUT2D eigenvalue weighted by atomic mass is 32.2. The molecule has 1 aromatic heterocycles. The van der Waals surface area contributed by atoms with Crippen LogP contribution in [0.5, 0.6) is 11.5 Å². The average Bonchev–Trinajstić information content (AvgIpc) is 3.58. The highest BCUT2D eigenvalue weighted by Crippen LogP contribution is 2.34. The molecule has 0 spiro atoms. The van der Waals surface area contributed by atoms with Crippen molar-refractivity contribution in [2.24, 2.45) is 4.99 Å². The van der Waals surface area contributed by atoms with Crippen molar-refractivity contribution < 1.29 is 41.0 Å². The third kappa shape index (κ3) is 7.62.